The third-order valence-corrected chi connectivity index (χ3v) is 2.26. The van der Waals surface area contributed by atoms with E-state index >= 15 is 0 Å². The lowest BCUT2D eigenvalue weighted by Crippen LogP contribution is -2.39. The van der Waals surface area contributed by atoms with Gasteiger partial charge < -0.3 is 20.5 Å². The topological polar surface area (TPSA) is 124 Å². The SMILES string of the molecule is C[C@H](O)[C@H](Nc1ncnc2nc[nH]c12)C(=O)O. The van der Waals surface area contributed by atoms with Crippen LogP contribution in [0.3, 0.4) is 0 Å². The molecule has 0 saturated carbocycles. The maximum Gasteiger partial charge on any atom is 0.328 e. The number of aliphatic hydroxyl groups excluding tert-OH is 1. The van der Waals surface area contributed by atoms with E-state index in [9.17, 15) is 9.90 Å². The van der Waals surface area contributed by atoms with E-state index < -0.39 is 18.1 Å². The Morgan fingerprint density at radius 2 is 2.24 bits per heavy atom. The molecule has 0 aliphatic carbocycles. The minimum atomic E-state index is -1.16. The zero-order valence-corrected chi connectivity index (χ0v) is 8.95. The Hall–Kier alpha value is -2.22. The van der Waals surface area contributed by atoms with Crippen LogP contribution in [0.5, 0.6) is 0 Å². The number of carboxylic acids is 1. The predicted molar refractivity (Wildman–Crippen MR) is 58.4 cm³/mol. The molecule has 2 aromatic rings. The summed E-state index contributed by atoms with van der Waals surface area (Å²) >= 11 is 0. The van der Waals surface area contributed by atoms with Crippen LogP contribution in [0.4, 0.5) is 5.82 Å². The van der Waals surface area contributed by atoms with Crippen LogP contribution in [-0.2, 0) is 4.79 Å². The lowest BCUT2D eigenvalue weighted by molar-refractivity contribution is -0.140. The number of carbonyl (C=O) groups is 1. The van der Waals surface area contributed by atoms with Gasteiger partial charge in [0.25, 0.3) is 0 Å². The van der Waals surface area contributed by atoms with E-state index in [1.165, 1.54) is 19.6 Å². The van der Waals surface area contributed by atoms with Crippen molar-refractivity contribution in [2.45, 2.75) is 19.1 Å². The third kappa shape index (κ3) is 2.16. The summed E-state index contributed by atoms with van der Waals surface area (Å²) in [6.07, 6.45) is 1.65. The van der Waals surface area contributed by atoms with Gasteiger partial charge in [-0.3, -0.25) is 0 Å². The number of nitrogens with zero attached hydrogens (tertiary/aromatic N) is 3. The summed E-state index contributed by atoms with van der Waals surface area (Å²) in [5.74, 6) is -0.868. The van der Waals surface area contributed by atoms with Gasteiger partial charge in [0, 0.05) is 0 Å². The van der Waals surface area contributed by atoms with Crippen LogP contribution < -0.4 is 5.32 Å². The Morgan fingerprint density at radius 3 is 2.88 bits per heavy atom. The number of aromatic amines is 1. The summed E-state index contributed by atoms with van der Waals surface area (Å²) in [5, 5.41) is 20.9. The summed E-state index contributed by atoms with van der Waals surface area (Å²) in [7, 11) is 0. The minimum Gasteiger partial charge on any atom is -0.480 e. The second kappa shape index (κ2) is 4.34. The molecule has 17 heavy (non-hydrogen) atoms. The number of H-pyrrole nitrogens is 1. The molecule has 2 heterocycles. The van der Waals surface area contributed by atoms with Crippen LogP contribution in [-0.4, -0.2) is 48.3 Å². The Balaban J connectivity index is 2.34. The molecule has 8 nitrogen and oxygen atoms in total. The molecule has 0 radical (unpaired) electrons. The van der Waals surface area contributed by atoms with Crippen molar-refractivity contribution in [2.24, 2.45) is 0 Å². The monoisotopic (exact) mass is 237 g/mol. The maximum absolute atomic E-state index is 10.9. The summed E-state index contributed by atoms with van der Waals surface area (Å²) in [6.45, 7) is 1.39. The summed E-state index contributed by atoms with van der Waals surface area (Å²) in [5.41, 5.74) is 0.927. The summed E-state index contributed by atoms with van der Waals surface area (Å²) in [6, 6.07) is -1.14. The number of rotatable bonds is 4. The number of imidazole rings is 1. The van der Waals surface area contributed by atoms with E-state index in [1.54, 1.807) is 0 Å². The average molecular weight is 237 g/mol. The number of hydrogen-bond donors (Lipinski definition) is 4. The molecule has 0 amide bonds. The molecule has 0 saturated heterocycles. The molecule has 2 aromatic heterocycles. The van der Waals surface area contributed by atoms with Crippen LogP contribution in [0.25, 0.3) is 11.2 Å². The van der Waals surface area contributed by atoms with Crippen molar-refractivity contribution in [2.75, 3.05) is 5.32 Å². The van der Waals surface area contributed by atoms with Gasteiger partial charge in [-0.25, -0.2) is 19.7 Å². The number of fused-ring (bicyclic) bond motifs is 1. The second-order valence-electron chi connectivity index (χ2n) is 3.52. The number of carboxylic acid groups (broad SMARTS) is 1. The molecule has 2 rings (SSSR count). The fraction of sp³-hybridized carbons (Fsp3) is 0.333. The number of hydrogen-bond acceptors (Lipinski definition) is 6. The molecule has 0 spiro atoms. The number of aliphatic carboxylic acids is 1. The van der Waals surface area contributed by atoms with Crippen molar-refractivity contribution < 1.29 is 15.0 Å². The fourth-order valence-electron chi connectivity index (χ4n) is 1.41. The normalized spacial score (nSPS) is 14.5. The molecule has 8 heteroatoms. The molecular formula is C9H11N5O3. The highest BCUT2D eigenvalue weighted by Gasteiger charge is 2.24. The number of nitrogens with one attached hydrogen (secondary N) is 2. The lowest BCUT2D eigenvalue weighted by atomic mass is 10.2. The van der Waals surface area contributed by atoms with Gasteiger partial charge in [0.2, 0.25) is 0 Å². The minimum absolute atomic E-state index is 0.292. The first-order valence-electron chi connectivity index (χ1n) is 4.91. The van der Waals surface area contributed by atoms with Gasteiger partial charge in [0.05, 0.1) is 12.4 Å². The smallest absolute Gasteiger partial charge is 0.328 e. The standard InChI is InChI=1S/C9H11N5O3/c1-4(15)5(9(16)17)14-8-6-7(11-2-10-6)12-3-13-8/h2-5,15H,1H3,(H,16,17)(H2,10,11,12,13,14)/t4-,5-/m0/s1. The molecule has 0 bridgehead atoms. The van der Waals surface area contributed by atoms with E-state index in [4.69, 9.17) is 5.11 Å². The Labute approximate surface area is 95.7 Å². The van der Waals surface area contributed by atoms with Crippen molar-refractivity contribution in [1.82, 2.24) is 19.9 Å². The zero-order valence-electron chi connectivity index (χ0n) is 8.95. The molecule has 0 aliphatic heterocycles. The molecule has 0 aliphatic rings. The number of aromatic nitrogens is 4. The van der Waals surface area contributed by atoms with Crippen LogP contribution in [0.15, 0.2) is 12.7 Å². The zero-order chi connectivity index (χ0) is 12.4. The van der Waals surface area contributed by atoms with Crippen LogP contribution in [0, 0.1) is 0 Å². The first-order chi connectivity index (χ1) is 8.09. The van der Waals surface area contributed by atoms with Gasteiger partial charge in [-0.15, -0.1) is 0 Å². The predicted octanol–water partition coefficient (Wildman–Crippen LogP) is -0.401. The van der Waals surface area contributed by atoms with Crippen molar-refractivity contribution in [1.29, 1.82) is 0 Å². The van der Waals surface area contributed by atoms with Gasteiger partial charge in [-0.2, -0.15) is 0 Å². The fourth-order valence-corrected chi connectivity index (χ4v) is 1.41. The first-order valence-corrected chi connectivity index (χ1v) is 4.91. The van der Waals surface area contributed by atoms with Crippen molar-refractivity contribution >= 4 is 23.0 Å². The second-order valence-corrected chi connectivity index (χ2v) is 3.52. The van der Waals surface area contributed by atoms with Gasteiger partial charge in [0.15, 0.2) is 17.5 Å². The van der Waals surface area contributed by atoms with Crippen LogP contribution >= 0.6 is 0 Å². The van der Waals surface area contributed by atoms with Gasteiger partial charge >= 0.3 is 5.97 Å². The number of anilines is 1. The van der Waals surface area contributed by atoms with Gasteiger partial charge in [-0.05, 0) is 6.92 Å². The summed E-state index contributed by atoms with van der Waals surface area (Å²) < 4.78 is 0. The molecule has 0 aromatic carbocycles. The molecular weight excluding hydrogens is 226 g/mol. The number of aliphatic hydroxyl groups is 1. The Bertz CT molecular complexity index is 538. The first kappa shape index (κ1) is 11.3. The quantitative estimate of drug-likeness (QED) is 0.570. The van der Waals surface area contributed by atoms with Crippen molar-refractivity contribution in [3.05, 3.63) is 12.7 Å². The highest BCUT2D eigenvalue weighted by Crippen LogP contribution is 2.16. The lowest BCUT2D eigenvalue weighted by Gasteiger charge is -2.17. The highest BCUT2D eigenvalue weighted by atomic mass is 16.4. The molecule has 0 unspecified atom stereocenters. The average Bonchev–Trinajstić information content (AvgIpc) is 2.73. The largest absolute Gasteiger partial charge is 0.480 e. The van der Waals surface area contributed by atoms with Gasteiger partial charge in [0.1, 0.15) is 11.8 Å². The highest BCUT2D eigenvalue weighted by molar-refractivity contribution is 5.85. The van der Waals surface area contributed by atoms with Crippen LogP contribution in [0.2, 0.25) is 0 Å². The van der Waals surface area contributed by atoms with Gasteiger partial charge in [-0.1, -0.05) is 0 Å². The van der Waals surface area contributed by atoms with Crippen molar-refractivity contribution in [3.8, 4) is 0 Å². The molecule has 90 valence electrons. The van der Waals surface area contributed by atoms with E-state index in [-0.39, 0.29) is 0 Å². The van der Waals surface area contributed by atoms with E-state index in [0.717, 1.165) is 0 Å². The van der Waals surface area contributed by atoms with Crippen molar-refractivity contribution in [3.63, 3.8) is 0 Å². The maximum atomic E-state index is 10.9. The molecule has 2 atom stereocenters. The molecule has 0 fully saturated rings. The molecule has 4 N–H and O–H groups in total. The van der Waals surface area contributed by atoms with E-state index in [2.05, 4.69) is 25.3 Å². The Morgan fingerprint density at radius 1 is 1.47 bits per heavy atom. The van der Waals surface area contributed by atoms with Crippen LogP contribution in [0.1, 0.15) is 6.92 Å². The Kier molecular flexibility index (Phi) is 2.88. The van der Waals surface area contributed by atoms with E-state index in [1.807, 2.05) is 0 Å². The third-order valence-electron chi connectivity index (χ3n) is 2.26. The van der Waals surface area contributed by atoms with E-state index in [0.29, 0.717) is 17.0 Å². The summed E-state index contributed by atoms with van der Waals surface area (Å²) in [4.78, 5) is 25.5.